The highest BCUT2D eigenvalue weighted by Crippen LogP contribution is 2.38. The van der Waals surface area contributed by atoms with Crippen molar-refractivity contribution in [2.24, 2.45) is 5.92 Å². The molecule has 0 radical (unpaired) electrons. The van der Waals surface area contributed by atoms with E-state index in [4.69, 9.17) is 16.3 Å². The van der Waals surface area contributed by atoms with E-state index in [2.05, 4.69) is 25.1 Å². The van der Waals surface area contributed by atoms with E-state index in [-0.39, 0.29) is 55.6 Å². The third-order valence-electron chi connectivity index (χ3n) is 8.33. The second kappa shape index (κ2) is 10.8. The van der Waals surface area contributed by atoms with Gasteiger partial charge in [0.25, 0.3) is 0 Å². The fraction of sp³-hybridized carbons (Fsp3) is 0.517. The van der Waals surface area contributed by atoms with Crippen molar-refractivity contribution < 1.29 is 18.3 Å². The Kier molecular flexibility index (Phi) is 7.27. The van der Waals surface area contributed by atoms with Gasteiger partial charge in [-0.3, -0.25) is 9.36 Å². The van der Waals surface area contributed by atoms with Crippen LogP contribution in [0.3, 0.4) is 0 Å². The lowest BCUT2D eigenvalue weighted by atomic mass is 9.86. The van der Waals surface area contributed by atoms with Crippen LogP contribution in [0, 0.1) is 5.92 Å². The molecule has 1 amide bonds. The van der Waals surface area contributed by atoms with E-state index in [1.165, 1.54) is 0 Å². The summed E-state index contributed by atoms with van der Waals surface area (Å²) in [5.41, 5.74) is 1.99. The Labute approximate surface area is 231 Å². The molecule has 0 saturated heterocycles. The van der Waals surface area contributed by atoms with Crippen molar-refractivity contribution in [2.45, 2.75) is 88.2 Å². The summed E-state index contributed by atoms with van der Waals surface area (Å²) < 4.78 is 35.5. The number of nitrogens with one attached hydrogen (secondary N) is 1. The van der Waals surface area contributed by atoms with Crippen LogP contribution in [0.2, 0.25) is 5.02 Å². The summed E-state index contributed by atoms with van der Waals surface area (Å²) in [5, 5.41) is 13.0. The van der Waals surface area contributed by atoms with E-state index in [9.17, 15) is 13.6 Å². The van der Waals surface area contributed by atoms with Gasteiger partial charge in [0.2, 0.25) is 17.7 Å². The second-order valence-electron chi connectivity index (χ2n) is 11.1. The van der Waals surface area contributed by atoms with Gasteiger partial charge >= 0.3 is 0 Å². The van der Waals surface area contributed by atoms with Crippen molar-refractivity contribution in [2.75, 3.05) is 0 Å². The van der Waals surface area contributed by atoms with E-state index < -0.39 is 5.92 Å². The number of nitrogens with zero attached hydrogens (tertiary/aromatic N) is 4. The van der Waals surface area contributed by atoms with Crippen molar-refractivity contribution in [3.63, 3.8) is 0 Å². The molecule has 6 rings (SSSR count). The number of pyridine rings is 1. The molecule has 1 aliphatic heterocycles. The molecule has 2 aromatic heterocycles. The fourth-order valence-electron chi connectivity index (χ4n) is 6.23. The number of rotatable bonds is 5. The van der Waals surface area contributed by atoms with E-state index in [0.717, 1.165) is 48.6 Å². The maximum Gasteiger partial charge on any atom is 0.248 e. The Morgan fingerprint density at radius 1 is 1.03 bits per heavy atom. The molecule has 3 aliphatic rings. The molecule has 2 aliphatic carbocycles. The van der Waals surface area contributed by atoms with E-state index in [1.807, 2.05) is 36.4 Å². The zero-order valence-electron chi connectivity index (χ0n) is 21.7. The third kappa shape index (κ3) is 5.78. The van der Waals surface area contributed by atoms with Crippen LogP contribution in [0.5, 0.6) is 5.88 Å². The maximum atomic E-state index is 13.6. The predicted molar refractivity (Wildman–Crippen MR) is 142 cm³/mol. The number of carbonyl (C=O) groups is 1. The van der Waals surface area contributed by atoms with Crippen molar-refractivity contribution >= 4 is 17.5 Å². The Bertz CT molecular complexity index is 1320. The zero-order valence-corrected chi connectivity index (χ0v) is 22.4. The van der Waals surface area contributed by atoms with Gasteiger partial charge in [-0.05, 0) is 74.8 Å². The average Bonchev–Trinajstić information content (AvgIpc) is 3.26. The van der Waals surface area contributed by atoms with Gasteiger partial charge in [-0.25, -0.2) is 13.8 Å². The van der Waals surface area contributed by atoms with Crippen molar-refractivity contribution in [3.05, 3.63) is 64.8 Å². The number of alkyl halides is 2. The fourth-order valence-corrected chi connectivity index (χ4v) is 6.43. The summed E-state index contributed by atoms with van der Waals surface area (Å²) in [5.74, 6) is -0.607. The van der Waals surface area contributed by atoms with Crippen LogP contribution in [-0.4, -0.2) is 43.7 Å². The molecule has 1 aromatic carbocycles. The van der Waals surface area contributed by atoms with Gasteiger partial charge < -0.3 is 10.1 Å². The largest absolute Gasteiger partial charge is 0.474 e. The lowest BCUT2D eigenvalue weighted by molar-refractivity contribution is -0.129. The van der Waals surface area contributed by atoms with Gasteiger partial charge in [0.1, 0.15) is 17.8 Å². The number of fused-ring (bicyclic) bond motifs is 3. The molecule has 206 valence electrons. The van der Waals surface area contributed by atoms with E-state index >= 15 is 0 Å². The number of ether oxygens (including phenoxy) is 1. The summed E-state index contributed by atoms with van der Waals surface area (Å²) >= 11 is 6.39. The Hall–Kier alpha value is -3.07. The number of amides is 1. The highest BCUT2D eigenvalue weighted by Gasteiger charge is 2.38. The molecule has 7 nitrogen and oxygen atoms in total. The molecule has 2 saturated carbocycles. The Morgan fingerprint density at radius 2 is 1.82 bits per heavy atom. The molecule has 0 spiro atoms. The van der Waals surface area contributed by atoms with Gasteiger partial charge in [-0.1, -0.05) is 17.7 Å². The summed E-state index contributed by atoms with van der Waals surface area (Å²) in [6, 6.07) is 11.3. The zero-order chi connectivity index (χ0) is 27.0. The van der Waals surface area contributed by atoms with Crippen LogP contribution in [0.1, 0.15) is 74.5 Å². The molecule has 39 heavy (non-hydrogen) atoms. The van der Waals surface area contributed by atoms with E-state index in [1.54, 1.807) is 6.20 Å². The van der Waals surface area contributed by atoms with Crippen molar-refractivity contribution in [3.8, 4) is 11.6 Å². The lowest BCUT2D eigenvalue weighted by Crippen LogP contribution is -2.43. The number of hydrogen-bond acceptors (Lipinski definition) is 5. The maximum absolute atomic E-state index is 13.6. The monoisotopic (exact) mass is 555 g/mol. The minimum atomic E-state index is -2.66. The molecule has 10 heteroatoms. The van der Waals surface area contributed by atoms with Crippen LogP contribution >= 0.6 is 11.6 Å². The predicted octanol–water partition coefficient (Wildman–Crippen LogP) is 5.83. The third-order valence-corrected chi connectivity index (χ3v) is 8.57. The minimum Gasteiger partial charge on any atom is -0.474 e. The molecule has 3 heterocycles. The average molecular weight is 556 g/mol. The molecule has 3 aromatic rings. The molecule has 1 N–H and O–H groups in total. The molecule has 0 unspecified atom stereocenters. The first-order valence-electron chi connectivity index (χ1n) is 13.8. The van der Waals surface area contributed by atoms with Crippen LogP contribution < -0.4 is 10.1 Å². The van der Waals surface area contributed by atoms with Gasteiger partial charge in [0.05, 0.1) is 5.69 Å². The van der Waals surface area contributed by atoms with Crippen LogP contribution in [0.15, 0.2) is 42.6 Å². The van der Waals surface area contributed by atoms with Crippen LogP contribution in [-0.2, 0) is 17.6 Å². The first kappa shape index (κ1) is 26.2. The van der Waals surface area contributed by atoms with Crippen molar-refractivity contribution in [1.82, 2.24) is 25.1 Å². The normalized spacial score (nSPS) is 24.7. The number of halogens is 3. The second-order valence-corrected chi connectivity index (χ2v) is 11.5. The van der Waals surface area contributed by atoms with Gasteiger partial charge in [0.15, 0.2) is 0 Å². The standard InChI is InChI=1S/C29H32ClF2N5O2/c30-21-6-9-24-20(15-21)16-22(34-28(38)19-10-12-29(31,32)13-11-19)17-25-35-36-27(37(24)25)18-4-7-23(8-5-18)39-26-3-1-2-14-33-26/h1-3,6,9,14-15,18-19,22-23H,4-5,7-8,10-13,16-17H2,(H,34,38)/t18-,22-,23-/m0/s1. The SMILES string of the molecule is O=C(N[C@H]1Cc2cc(Cl)ccc2-n2c(nnc2[C@H]2CC[C@H](Oc3ccccn3)CC2)C1)C1CCC(F)(F)CC1. The Balaban J connectivity index is 1.19. The molecule has 1 atom stereocenters. The van der Waals surface area contributed by atoms with Crippen LogP contribution in [0.4, 0.5) is 8.78 Å². The Morgan fingerprint density at radius 3 is 2.56 bits per heavy atom. The molecule has 2 fully saturated rings. The van der Waals surface area contributed by atoms with Gasteiger partial charge in [-0.2, -0.15) is 0 Å². The van der Waals surface area contributed by atoms with Gasteiger partial charge in [-0.15, -0.1) is 10.2 Å². The molecular weight excluding hydrogens is 524 g/mol. The highest BCUT2D eigenvalue weighted by atomic mass is 35.5. The molecule has 0 bridgehead atoms. The summed E-state index contributed by atoms with van der Waals surface area (Å²) in [6.07, 6.45) is 6.53. The smallest absolute Gasteiger partial charge is 0.248 e. The van der Waals surface area contributed by atoms with Crippen molar-refractivity contribution in [1.29, 1.82) is 0 Å². The number of aromatic nitrogens is 4. The van der Waals surface area contributed by atoms with E-state index in [0.29, 0.717) is 23.7 Å². The highest BCUT2D eigenvalue weighted by molar-refractivity contribution is 6.30. The summed E-state index contributed by atoms with van der Waals surface area (Å²) in [6.45, 7) is 0. The quantitative estimate of drug-likeness (QED) is 0.428. The minimum absolute atomic E-state index is 0.119. The van der Waals surface area contributed by atoms with Gasteiger partial charge in [0, 0.05) is 54.4 Å². The number of benzene rings is 1. The number of hydrogen-bond donors (Lipinski definition) is 1. The summed E-state index contributed by atoms with van der Waals surface area (Å²) in [7, 11) is 0. The lowest BCUT2D eigenvalue weighted by Gasteiger charge is -2.28. The number of carbonyl (C=O) groups excluding carboxylic acids is 1. The molecular formula is C29H32ClF2N5O2. The summed E-state index contributed by atoms with van der Waals surface area (Å²) in [4.78, 5) is 17.3. The first-order chi connectivity index (χ1) is 18.8. The van der Waals surface area contributed by atoms with Crippen LogP contribution in [0.25, 0.3) is 5.69 Å². The first-order valence-corrected chi connectivity index (χ1v) is 14.2. The topological polar surface area (TPSA) is 81.9 Å².